The van der Waals surface area contributed by atoms with Crippen LogP contribution >= 0.6 is 0 Å². The second-order valence-electron chi connectivity index (χ2n) is 6.84. The number of carbonyl (C=O) groups is 1. The molecule has 2 aromatic rings. The molecule has 3 rings (SSSR count). The molecule has 26 heavy (non-hydrogen) atoms. The van der Waals surface area contributed by atoms with E-state index in [1.165, 1.54) is 23.2 Å². The van der Waals surface area contributed by atoms with E-state index in [4.69, 9.17) is 5.73 Å². The van der Waals surface area contributed by atoms with Gasteiger partial charge in [0, 0.05) is 12.6 Å². The number of hydrogen-bond acceptors (Lipinski definition) is 4. The van der Waals surface area contributed by atoms with Crippen LogP contribution in [0.2, 0.25) is 0 Å². The summed E-state index contributed by atoms with van der Waals surface area (Å²) in [6.45, 7) is 4.39. The zero-order valence-corrected chi connectivity index (χ0v) is 15.1. The van der Waals surface area contributed by atoms with Gasteiger partial charge >= 0.3 is 0 Å². The number of hydrogen-bond donors (Lipinski definition) is 2. The molecule has 1 aliphatic heterocycles. The van der Waals surface area contributed by atoms with E-state index < -0.39 is 0 Å². The maximum Gasteiger partial charge on any atom is 0.241 e. The highest BCUT2D eigenvalue weighted by molar-refractivity contribution is 5.76. The van der Waals surface area contributed by atoms with Crippen molar-refractivity contribution in [3.63, 3.8) is 0 Å². The average molecular weight is 359 g/mol. The molecule has 6 nitrogen and oxygen atoms in total. The Kier molecular flexibility index (Phi) is 5.88. The lowest BCUT2D eigenvalue weighted by molar-refractivity contribution is -0.122. The number of nitrogens with zero attached hydrogens (tertiary/aromatic N) is 3. The predicted molar refractivity (Wildman–Crippen MR) is 99.0 cm³/mol. The number of benzene rings is 1. The van der Waals surface area contributed by atoms with Crippen molar-refractivity contribution in [2.75, 3.05) is 25.4 Å². The number of nitrogen functional groups attached to an aromatic ring is 1. The fourth-order valence-corrected chi connectivity index (χ4v) is 3.47. The molecule has 1 amide bonds. The SMILES string of the molecule is Cc1cc(N)n(CC(=O)NC[C@H](c2ccc(F)cc2)N2CCCCC2)n1. The Morgan fingerprint density at radius 2 is 1.96 bits per heavy atom. The van der Waals surface area contributed by atoms with Crippen molar-refractivity contribution in [3.05, 3.63) is 47.4 Å². The van der Waals surface area contributed by atoms with Gasteiger partial charge in [0.2, 0.25) is 5.91 Å². The minimum absolute atomic E-state index is 0.0385. The quantitative estimate of drug-likeness (QED) is 0.829. The van der Waals surface area contributed by atoms with E-state index in [0.29, 0.717) is 12.4 Å². The Morgan fingerprint density at radius 3 is 2.58 bits per heavy atom. The van der Waals surface area contributed by atoms with E-state index in [-0.39, 0.29) is 24.3 Å². The Bertz CT molecular complexity index is 737. The highest BCUT2D eigenvalue weighted by Gasteiger charge is 2.23. The smallest absolute Gasteiger partial charge is 0.241 e. The van der Waals surface area contributed by atoms with E-state index in [1.54, 1.807) is 18.2 Å². The lowest BCUT2D eigenvalue weighted by Gasteiger charge is -2.35. The van der Waals surface area contributed by atoms with Gasteiger partial charge in [-0.15, -0.1) is 0 Å². The normalized spacial score (nSPS) is 16.4. The van der Waals surface area contributed by atoms with Crippen LogP contribution < -0.4 is 11.1 Å². The van der Waals surface area contributed by atoms with Crippen LogP contribution in [0.5, 0.6) is 0 Å². The highest BCUT2D eigenvalue weighted by atomic mass is 19.1. The number of aromatic nitrogens is 2. The molecule has 2 heterocycles. The fraction of sp³-hybridized carbons (Fsp3) is 0.474. The van der Waals surface area contributed by atoms with Crippen LogP contribution in [-0.4, -0.2) is 40.2 Å². The second kappa shape index (κ2) is 8.31. The summed E-state index contributed by atoms with van der Waals surface area (Å²) in [6.07, 6.45) is 3.53. The summed E-state index contributed by atoms with van der Waals surface area (Å²) in [5, 5.41) is 7.20. The van der Waals surface area contributed by atoms with Gasteiger partial charge in [-0.3, -0.25) is 9.69 Å². The summed E-state index contributed by atoms with van der Waals surface area (Å²) < 4.78 is 14.8. The topological polar surface area (TPSA) is 76.2 Å². The lowest BCUT2D eigenvalue weighted by atomic mass is 10.0. The van der Waals surface area contributed by atoms with Gasteiger partial charge in [0.15, 0.2) is 0 Å². The maximum atomic E-state index is 13.3. The molecular formula is C19H26FN5O. The second-order valence-corrected chi connectivity index (χ2v) is 6.84. The number of nitrogens with two attached hydrogens (primary N) is 1. The predicted octanol–water partition coefficient (Wildman–Crippen LogP) is 2.26. The van der Waals surface area contributed by atoms with Crippen LogP contribution in [-0.2, 0) is 11.3 Å². The van der Waals surface area contributed by atoms with Gasteiger partial charge in [-0.05, 0) is 50.6 Å². The van der Waals surface area contributed by atoms with Crippen molar-refractivity contribution in [2.45, 2.75) is 38.8 Å². The number of carbonyl (C=O) groups excluding carboxylic acids is 1. The van der Waals surface area contributed by atoms with Gasteiger partial charge in [0.25, 0.3) is 0 Å². The fourth-order valence-electron chi connectivity index (χ4n) is 3.47. The van der Waals surface area contributed by atoms with Crippen LogP contribution in [0.4, 0.5) is 10.2 Å². The third-order valence-electron chi connectivity index (χ3n) is 4.81. The summed E-state index contributed by atoms with van der Waals surface area (Å²) in [4.78, 5) is 14.7. The molecule has 1 fully saturated rings. The van der Waals surface area contributed by atoms with Crippen molar-refractivity contribution < 1.29 is 9.18 Å². The van der Waals surface area contributed by atoms with Crippen molar-refractivity contribution in [1.29, 1.82) is 0 Å². The summed E-state index contributed by atoms with van der Waals surface area (Å²) >= 11 is 0. The van der Waals surface area contributed by atoms with E-state index in [1.807, 2.05) is 6.92 Å². The Balaban J connectivity index is 1.66. The number of anilines is 1. The minimum atomic E-state index is -0.250. The van der Waals surface area contributed by atoms with E-state index in [0.717, 1.165) is 37.2 Å². The number of likely N-dealkylation sites (tertiary alicyclic amines) is 1. The first kappa shape index (κ1) is 18.4. The molecule has 0 saturated carbocycles. The van der Waals surface area contributed by atoms with Crippen LogP contribution in [0.3, 0.4) is 0 Å². The third-order valence-corrected chi connectivity index (χ3v) is 4.81. The Hall–Kier alpha value is -2.41. The van der Waals surface area contributed by atoms with Gasteiger partial charge in [-0.1, -0.05) is 18.6 Å². The van der Waals surface area contributed by atoms with E-state index >= 15 is 0 Å². The monoisotopic (exact) mass is 359 g/mol. The number of piperidine rings is 1. The van der Waals surface area contributed by atoms with Gasteiger partial charge in [0.1, 0.15) is 18.2 Å². The summed E-state index contributed by atoms with van der Waals surface area (Å²) in [5.74, 6) is 0.0902. The van der Waals surface area contributed by atoms with E-state index in [2.05, 4.69) is 15.3 Å². The van der Waals surface area contributed by atoms with E-state index in [9.17, 15) is 9.18 Å². The van der Waals surface area contributed by atoms with Gasteiger partial charge < -0.3 is 11.1 Å². The number of nitrogens with one attached hydrogen (secondary N) is 1. The molecular weight excluding hydrogens is 333 g/mol. The molecule has 1 aromatic carbocycles. The summed E-state index contributed by atoms with van der Waals surface area (Å²) in [5.41, 5.74) is 7.65. The molecule has 0 bridgehead atoms. The first-order chi connectivity index (χ1) is 12.5. The molecule has 1 atom stereocenters. The molecule has 3 N–H and O–H groups in total. The zero-order valence-electron chi connectivity index (χ0n) is 15.1. The van der Waals surface area contributed by atoms with Gasteiger partial charge in [0.05, 0.1) is 11.7 Å². The molecule has 0 spiro atoms. The largest absolute Gasteiger partial charge is 0.384 e. The standard InChI is InChI=1S/C19H26FN5O/c1-14-11-18(21)25(23-14)13-19(26)22-12-17(24-9-3-2-4-10-24)15-5-7-16(20)8-6-15/h5-8,11,17H,2-4,9-10,12-13,21H2,1H3,(H,22,26)/t17-/m1/s1. The van der Waals surface area contributed by atoms with Gasteiger partial charge in [-0.2, -0.15) is 5.10 Å². The third kappa shape index (κ3) is 4.60. The zero-order chi connectivity index (χ0) is 18.5. The molecule has 0 aliphatic carbocycles. The van der Waals surface area contributed by atoms with Crippen molar-refractivity contribution in [3.8, 4) is 0 Å². The van der Waals surface area contributed by atoms with Crippen LogP contribution in [0.15, 0.2) is 30.3 Å². The lowest BCUT2D eigenvalue weighted by Crippen LogP contribution is -2.41. The Labute approximate surface area is 153 Å². The molecule has 1 aromatic heterocycles. The van der Waals surface area contributed by atoms with Crippen LogP contribution in [0, 0.1) is 12.7 Å². The number of aryl methyl sites for hydroxylation is 1. The van der Waals surface area contributed by atoms with Gasteiger partial charge in [-0.25, -0.2) is 9.07 Å². The summed E-state index contributed by atoms with van der Waals surface area (Å²) in [7, 11) is 0. The van der Waals surface area contributed by atoms with Crippen molar-refractivity contribution >= 4 is 11.7 Å². The molecule has 140 valence electrons. The average Bonchev–Trinajstić information content (AvgIpc) is 2.94. The molecule has 1 saturated heterocycles. The first-order valence-corrected chi connectivity index (χ1v) is 9.09. The van der Waals surface area contributed by atoms with Crippen molar-refractivity contribution in [1.82, 2.24) is 20.0 Å². The molecule has 0 unspecified atom stereocenters. The molecule has 7 heteroatoms. The van der Waals surface area contributed by atoms with Crippen molar-refractivity contribution in [2.24, 2.45) is 0 Å². The minimum Gasteiger partial charge on any atom is -0.384 e. The molecule has 1 aliphatic rings. The molecule has 0 radical (unpaired) electrons. The van der Waals surface area contributed by atoms with Crippen LogP contribution in [0.1, 0.15) is 36.6 Å². The number of amides is 1. The first-order valence-electron chi connectivity index (χ1n) is 9.09. The van der Waals surface area contributed by atoms with Crippen LogP contribution in [0.25, 0.3) is 0 Å². The number of halogens is 1. The maximum absolute atomic E-state index is 13.3. The Morgan fingerprint density at radius 1 is 1.27 bits per heavy atom. The number of rotatable bonds is 6. The highest BCUT2D eigenvalue weighted by Crippen LogP contribution is 2.24. The summed E-state index contributed by atoms with van der Waals surface area (Å²) in [6, 6.07) is 8.33.